The van der Waals surface area contributed by atoms with Gasteiger partial charge in [0.1, 0.15) is 10.7 Å². The van der Waals surface area contributed by atoms with Crippen LogP contribution < -0.4 is 21.7 Å². The maximum absolute atomic E-state index is 12.2. The van der Waals surface area contributed by atoms with Crippen LogP contribution in [0.15, 0.2) is 0 Å². The molecule has 112 valence electrons. The summed E-state index contributed by atoms with van der Waals surface area (Å²) < 4.78 is 0. The van der Waals surface area contributed by atoms with Gasteiger partial charge in [-0.05, 0) is 33.6 Å². The average Bonchev–Trinajstić information content (AvgIpc) is 2.70. The molecule has 1 fully saturated rings. The largest absolute Gasteiger partial charge is 0.382 e. The number of carbonyl (C=O) groups is 1. The van der Waals surface area contributed by atoms with Crippen molar-refractivity contribution in [2.45, 2.75) is 45.2 Å². The average molecular weight is 297 g/mol. The summed E-state index contributed by atoms with van der Waals surface area (Å²) in [5.41, 5.74) is 11.5. The van der Waals surface area contributed by atoms with E-state index in [4.69, 9.17) is 11.5 Å². The van der Waals surface area contributed by atoms with Crippen LogP contribution in [-0.4, -0.2) is 35.6 Å². The summed E-state index contributed by atoms with van der Waals surface area (Å²) in [6.07, 6.45) is 1.89. The molecule has 6 nitrogen and oxygen atoms in total. The second-order valence-electron chi connectivity index (χ2n) is 6.24. The smallest absolute Gasteiger partial charge is 0.265 e. The van der Waals surface area contributed by atoms with Gasteiger partial charge in [-0.1, -0.05) is 11.3 Å². The van der Waals surface area contributed by atoms with Gasteiger partial charge in [-0.2, -0.15) is 0 Å². The van der Waals surface area contributed by atoms with E-state index >= 15 is 0 Å². The first-order chi connectivity index (χ1) is 9.26. The number of amides is 1. The van der Waals surface area contributed by atoms with E-state index in [1.807, 2.05) is 20.8 Å². The van der Waals surface area contributed by atoms with Crippen LogP contribution in [0.2, 0.25) is 0 Å². The van der Waals surface area contributed by atoms with E-state index in [2.05, 4.69) is 15.2 Å². The molecule has 0 saturated carbocycles. The summed E-state index contributed by atoms with van der Waals surface area (Å²) in [6.45, 7) is 7.56. The molecule has 1 aliphatic rings. The second-order valence-corrected chi connectivity index (χ2v) is 7.22. The van der Waals surface area contributed by atoms with Crippen LogP contribution in [0.3, 0.4) is 0 Å². The van der Waals surface area contributed by atoms with Gasteiger partial charge in [-0.15, -0.1) is 0 Å². The predicted molar refractivity (Wildman–Crippen MR) is 83.2 cm³/mol. The fraction of sp³-hybridized carbons (Fsp3) is 0.692. The summed E-state index contributed by atoms with van der Waals surface area (Å²) >= 11 is 1.35. The minimum atomic E-state index is -0.286. The van der Waals surface area contributed by atoms with Crippen LogP contribution in [0.1, 0.15) is 43.3 Å². The third-order valence-corrected chi connectivity index (χ3v) is 4.28. The van der Waals surface area contributed by atoms with Crippen LogP contribution in [0, 0.1) is 0 Å². The minimum Gasteiger partial charge on any atom is -0.382 e. The number of piperidine rings is 1. The Bertz CT molecular complexity index is 485. The fourth-order valence-electron chi connectivity index (χ4n) is 2.11. The number of hydrogen-bond donors (Lipinski definition) is 3. The molecule has 2 heterocycles. The maximum atomic E-state index is 12.2. The molecule has 0 bridgehead atoms. The zero-order valence-corrected chi connectivity index (χ0v) is 13.1. The van der Waals surface area contributed by atoms with Gasteiger partial charge in [0.15, 0.2) is 5.13 Å². The van der Waals surface area contributed by atoms with E-state index in [9.17, 15) is 4.79 Å². The number of nitrogens with zero attached hydrogens (tertiary/aromatic N) is 2. The van der Waals surface area contributed by atoms with Crippen molar-refractivity contribution in [3.05, 3.63) is 4.88 Å². The molecule has 0 aromatic carbocycles. The SMILES string of the molecule is CC(C)(C)NC(=O)c1sc(N2CCC(N)CC2)nc1N. The molecule has 0 radical (unpaired) electrons. The Morgan fingerprint density at radius 3 is 2.55 bits per heavy atom. The van der Waals surface area contributed by atoms with Gasteiger partial charge in [-0.3, -0.25) is 4.79 Å². The highest BCUT2D eigenvalue weighted by atomic mass is 32.1. The quantitative estimate of drug-likeness (QED) is 0.761. The van der Waals surface area contributed by atoms with Gasteiger partial charge in [0.25, 0.3) is 5.91 Å². The molecule has 20 heavy (non-hydrogen) atoms. The molecule has 0 atom stereocenters. The van der Waals surface area contributed by atoms with E-state index in [0.717, 1.165) is 31.1 Å². The zero-order valence-electron chi connectivity index (χ0n) is 12.3. The number of carbonyl (C=O) groups excluding carboxylic acids is 1. The van der Waals surface area contributed by atoms with Crippen LogP contribution in [0.25, 0.3) is 0 Å². The molecule has 1 saturated heterocycles. The maximum Gasteiger partial charge on any atom is 0.265 e. The van der Waals surface area contributed by atoms with Gasteiger partial charge >= 0.3 is 0 Å². The summed E-state index contributed by atoms with van der Waals surface area (Å²) in [5.74, 6) is 0.147. The first kappa shape index (κ1) is 15.1. The molecule has 5 N–H and O–H groups in total. The molecule has 1 aromatic heterocycles. The highest BCUT2D eigenvalue weighted by Gasteiger charge is 2.24. The highest BCUT2D eigenvalue weighted by Crippen LogP contribution is 2.30. The summed E-state index contributed by atoms with van der Waals surface area (Å²) in [7, 11) is 0. The first-order valence-electron chi connectivity index (χ1n) is 6.85. The van der Waals surface area contributed by atoms with Crippen molar-refractivity contribution in [2.24, 2.45) is 5.73 Å². The zero-order chi connectivity index (χ0) is 14.9. The molecule has 0 unspecified atom stereocenters. The molecule has 1 aliphatic heterocycles. The lowest BCUT2D eigenvalue weighted by Gasteiger charge is -2.29. The van der Waals surface area contributed by atoms with Crippen LogP contribution >= 0.6 is 11.3 Å². The summed E-state index contributed by atoms with van der Waals surface area (Å²) in [5, 5.41) is 3.73. The monoisotopic (exact) mass is 297 g/mol. The predicted octanol–water partition coefficient (Wildman–Crippen LogP) is 1.18. The van der Waals surface area contributed by atoms with Crippen molar-refractivity contribution >= 4 is 28.2 Å². The Balaban J connectivity index is 2.11. The van der Waals surface area contributed by atoms with E-state index in [0.29, 0.717) is 10.7 Å². The number of anilines is 2. The number of nitrogen functional groups attached to an aromatic ring is 1. The summed E-state index contributed by atoms with van der Waals surface area (Å²) in [6, 6.07) is 0.271. The van der Waals surface area contributed by atoms with Gasteiger partial charge in [0.05, 0.1) is 0 Å². The van der Waals surface area contributed by atoms with Crippen molar-refractivity contribution in [3.8, 4) is 0 Å². The topological polar surface area (TPSA) is 97.3 Å². The molecule has 0 aliphatic carbocycles. The van der Waals surface area contributed by atoms with Crippen molar-refractivity contribution in [2.75, 3.05) is 23.7 Å². The highest BCUT2D eigenvalue weighted by molar-refractivity contribution is 7.18. The third kappa shape index (κ3) is 3.61. The van der Waals surface area contributed by atoms with Crippen LogP contribution in [-0.2, 0) is 0 Å². The van der Waals surface area contributed by atoms with Crippen LogP contribution in [0.5, 0.6) is 0 Å². The Labute approximate surface area is 123 Å². The Morgan fingerprint density at radius 1 is 1.40 bits per heavy atom. The van der Waals surface area contributed by atoms with E-state index in [-0.39, 0.29) is 17.5 Å². The Morgan fingerprint density at radius 2 is 2.00 bits per heavy atom. The van der Waals surface area contributed by atoms with Crippen LogP contribution in [0.4, 0.5) is 10.9 Å². The van der Waals surface area contributed by atoms with Crippen molar-refractivity contribution in [3.63, 3.8) is 0 Å². The second kappa shape index (κ2) is 5.57. The number of nitrogens with one attached hydrogen (secondary N) is 1. The fourth-order valence-corrected chi connectivity index (χ4v) is 3.04. The van der Waals surface area contributed by atoms with E-state index < -0.39 is 0 Å². The molecular weight excluding hydrogens is 274 g/mol. The lowest BCUT2D eigenvalue weighted by Crippen LogP contribution is -2.40. The Kier molecular flexibility index (Phi) is 4.19. The van der Waals surface area contributed by atoms with Gasteiger partial charge in [-0.25, -0.2) is 4.98 Å². The number of rotatable bonds is 2. The minimum absolute atomic E-state index is 0.160. The lowest BCUT2D eigenvalue weighted by atomic mass is 10.1. The lowest BCUT2D eigenvalue weighted by molar-refractivity contribution is 0.0924. The number of aromatic nitrogens is 1. The number of nitrogens with two attached hydrogens (primary N) is 2. The van der Waals surface area contributed by atoms with Crippen molar-refractivity contribution in [1.82, 2.24) is 10.3 Å². The Hall–Kier alpha value is -1.34. The first-order valence-corrected chi connectivity index (χ1v) is 7.67. The van der Waals surface area contributed by atoms with E-state index in [1.54, 1.807) is 0 Å². The third-order valence-electron chi connectivity index (χ3n) is 3.15. The number of thiazole rings is 1. The number of hydrogen-bond acceptors (Lipinski definition) is 6. The van der Waals surface area contributed by atoms with Gasteiger partial charge in [0, 0.05) is 24.7 Å². The molecule has 7 heteroatoms. The van der Waals surface area contributed by atoms with E-state index in [1.165, 1.54) is 11.3 Å². The summed E-state index contributed by atoms with van der Waals surface area (Å²) in [4.78, 5) is 19.1. The van der Waals surface area contributed by atoms with Crippen molar-refractivity contribution < 1.29 is 4.79 Å². The molecule has 0 spiro atoms. The normalized spacial score (nSPS) is 17.3. The molecular formula is C13H23N5OS. The van der Waals surface area contributed by atoms with Gasteiger partial charge in [0.2, 0.25) is 0 Å². The van der Waals surface area contributed by atoms with Gasteiger partial charge < -0.3 is 21.7 Å². The molecule has 2 rings (SSSR count). The van der Waals surface area contributed by atoms with Crippen molar-refractivity contribution in [1.29, 1.82) is 0 Å². The standard InChI is InChI=1S/C13H23N5OS/c1-13(2,3)17-11(19)9-10(15)16-12(20-9)18-6-4-8(14)5-7-18/h8H,4-7,14-15H2,1-3H3,(H,17,19). The molecule has 1 aromatic rings. The molecule has 1 amide bonds.